The molecule has 7 heteroatoms. The van der Waals surface area contributed by atoms with Crippen LogP contribution in [0.2, 0.25) is 10.0 Å². The first kappa shape index (κ1) is 17.9. The van der Waals surface area contributed by atoms with Crippen molar-refractivity contribution in [1.29, 1.82) is 0 Å². The van der Waals surface area contributed by atoms with Gasteiger partial charge in [-0.05, 0) is 23.8 Å². The number of imidazole rings is 1. The van der Waals surface area contributed by atoms with Crippen molar-refractivity contribution in [2.45, 2.75) is 5.16 Å². The number of hydrogen-bond acceptors (Lipinski definition) is 3. The second-order valence-corrected chi connectivity index (χ2v) is 7.07. The summed E-state index contributed by atoms with van der Waals surface area (Å²) in [5.41, 5.74) is 2.71. The lowest BCUT2D eigenvalue weighted by Gasteiger charge is -2.07. The molecule has 1 N–H and O–H groups in total. The predicted octanol–water partition coefficient (Wildman–Crippen LogP) is 5.12. The van der Waals surface area contributed by atoms with Crippen molar-refractivity contribution < 1.29 is 4.79 Å². The van der Waals surface area contributed by atoms with Crippen molar-refractivity contribution in [3.8, 4) is 11.3 Å². The SMILES string of the molecule is Cn1c(-c2ccccc2)cnc1SCC(=O)Nc1ccc(Cl)c(Cl)c1. The van der Waals surface area contributed by atoms with Crippen LogP contribution in [0.3, 0.4) is 0 Å². The minimum absolute atomic E-state index is 0.132. The van der Waals surface area contributed by atoms with Gasteiger partial charge >= 0.3 is 0 Å². The highest BCUT2D eigenvalue weighted by Gasteiger charge is 2.11. The van der Waals surface area contributed by atoms with Crippen LogP contribution in [0, 0.1) is 0 Å². The highest BCUT2D eigenvalue weighted by molar-refractivity contribution is 7.99. The van der Waals surface area contributed by atoms with Crippen molar-refractivity contribution in [2.24, 2.45) is 7.05 Å². The Labute approximate surface area is 160 Å². The number of nitrogens with one attached hydrogen (secondary N) is 1. The molecule has 0 spiro atoms. The molecule has 0 aliphatic rings. The van der Waals surface area contributed by atoms with Gasteiger partial charge in [0.1, 0.15) is 0 Å². The highest BCUT2D eigenvalue weighted by atomic mass is 35.5. The van der Waals surface area contributed by atoms with E-state index in [4.69, 9.17) is 23.2 Å². The molecule has 0 aliphatic carbocycles. The third-order valence-corrected chi connectivity index (χ3v) is 5.33. The number of nitrogens with zero attached hydrogens (tertiary/aromatic N) is 2. The molecule has 0 saturated heterocycles. The molecule has 1 aromatic heterocycles. The molecular formula is C18H15Cl2N3OS. The van der Waals surface area contributed by atoms with Crippen LogP contribution in [0.5, 0.6) is 0 Å². The van der Waals surface area contributed by atoms with Crippen molar-refractivity contribution in [3.05, 3.63) is 64.8 Å². The van der Waals surface area contributed by atoms with E-state index in [-0.39, 0.29) is 11.7 Å². The van der Waals surface area contributed by atoms with Crippen LogP contribution < -0.4 is 5.32 Å². The van der Waals surface area contributed by atoms with Gasteiger partial charge in [0.05, 0.1) is 27.7 Å². The zero-order valence-corrected chi connectivity index (χ0v) is 15.7. The lowest BCUT2D eigenvalue weighted by Crippen LogP contribution is -2.14. The Bertz CT molecular complexity index is 897. The van der Waals surface area contributed by atoms with Crippen LogP contribution in [0.25, 0.3) is 11.3 Å². The molecule has 0 unspecified atom stereocenters. The molecule has 0 fully saturated rings. The maximum Gasteiger partial charge on any atom is 0.234 e. The summed E-state index contributed by atoms with van der Waals surface area (Å²) in [6.45, 7) is 0. The molecule has 0 atom stereocenters. The van der Waals surface area contributed by atoms with Crippen molar-refractivity contribution in [3.63, 3.8) is 0 Å². The summed E-state index contributed by atoms with van der Waals surface area (Å²) in [5.74, 6) is 0.118. The molecule has 128 valence electrons. The minimum atomic E-state index is -0.132. The van der Waals surface area contributed by atoms with E-state index >= 15 is 0 Å². The van der Waals surface area contributed by atoms with E-state index < -0.39 is 0 Å². The number of carbonyl (C=O) groups is 1. The van der Waals surface area contributed by atoms with Crippen molar-refractivity contribution in [2.75, 3.05) is 11.1 Å². The number of thioether (sulfide) groups is 1. The molecule has 0 radical (unpaired) electrons. The third kappa shape index (κ3) is 4.37. The van der Waals surface area contributed by atoms with Gasteiger partial charge < -0.3 is 9.88 Å². The maximum absolute atomic E-state index is 12.1. The summed E-state index contributed by atoms with van der Waals surface area (Å²) in [6.07, 6.45) is 1.81. The highest BCUT2D eigenvalue weighted by Crippen LogP contribution is 2.26. The number of anilines is 1. The van der Waals surface area contributed by atoms with Crippen LogP contribution in [-0.4, -0.2) is 21.2 Å². The number of halogens is 2. The van der Waals surface area contributed by atoms with E-state index in [2.05, 4.69) is 10.3 Å². The molecule has 1 amide bonds. The molecule has 1 heterocycles. The van der Waals surface area contributed by atoms with E-state index in [1.807, 2.05) is 48.1 Å². The van der Waals surface area contributed by atoms with Crippen LogP contribution in [-0.2, 0) is 11.8 Å². The van der Waals surface area contributed by atoms with Crippen LogP contribution >= 0.6 is 35.0 Å². The molecule has 0 aliphatic heterocycles. The number of amides is 1. The van der Waals surface area contributed by atoms with Crippen LogP contribution in [0.15, 0.2) is 59.9 Å². The lowest BCUT2D eigenvalue weighted by atomic mass is 10.2. The van der Waals surface area contributed by atoms with Gasteiger partial charge in [0.25, 0.3) is 0 Å². The molecule has 0 bridgehead atoms. The topological polar surface area (TPSA) is 46.9 Å². The Balaban J connectivity index is 1.63. The van der Waals surface area contributed by atoms with Gasteiger partial charge in [0.2, 0.25) is 5.91 Å². The largest absolute Gasteiger partial charge is 0.325 e. The van der Waals surface area contributed by atoms with Crippen molar-refractivity contribution >= 4 is 46.6 Å². The van der Waals surface area contributed by atoms with Gasteiger partial charge in [0, 0.05) is 12.7 Å². The average molecular weight is 392 g/mol. The average Bonchev–Trinajstić information content (AvgIpc) is 2.98. The fourth-order valence-electron chi connectivity index (χ4n) is 2.30. The zero-order chi connectivity index (χ0) is 17.8. The van der Waals surface area contributed by atoms with Gasteiger partial charge in [-0.25, -0.2) is 4.98 Å². The Morgan fingerprint density at radius 3 is 2.64 bits per heavy atom. The molecular weight excluding hydrogens is 377 g/mol. The van der Waals surface area contributed by atoms with Gasteiger partial charge in [-0.15, -0.1) is 0 Å². The zero-order valence-electron chi connectivity index (χ0n) is 13.4. The molecule has 3 aromatic rings. The summed E-state index contributed by atoms with van der Waals surface area (Å²) in [6, 6.07) is 15.0. The minimum Gasteiger partial charge on any atom is -0.325 e. The summed E-state index contributed by atoms with van der Waals surface area (Å²) >= 11 is 13.2. The first-order valence-electron chi connectivity index (χ1n) is 7.49. The third-order valence-electron chi connectivity index (χ3n) is 3.55. The summed E-state index contributed by atoms with van der Waals surface area (Å²) in [4.78, 5) is 16.5. The number of rotatable bonds is 5. The first-order valence-corrected chi connectivity index (χ1v) is 9.23. The number of hydrogen-bond donors (Lipinski definition) is 1. The summed E-state index contributed by atoms with van der Waals surface area (Å²) in [7, 11) is 1.94. The Morgan fingerprint density at radius 2 is 1.92 bits per heavy atom. The van der Waals surface area contributed by atoms with Gasteiger partial charge in [-0.3, -0.25) is 4.79 Å². The van der Waals surface area contributed by atoms with Crippen LogP contribution in [0.4, 0.5) is 5.69 Å². The fraction of sp³-hybridized carbons (Fsp3) is 0.111. The fourth-order valence-corrected chi connectivity index (χ4v) is 3.35. The van der Waals surface area contributed by atoms with Crippen LogP contribution in [0.1, 0.15) is 0 Å². The predicted molar refractivity (Wildman–Crippen MR) is 104 cm³/mol. The Kier molecular flexibility index (Phi) is 5.68. The summed E-state index contributed by atoms with van der Waals surface area (Å²) < 4.78 is 1.98. The standard InChI is InChI=1S/C18H15Cl2N3OS/c1-23-16(12-5-3-2-4-6-12)10-21-18(23)25-11-17(24)22-13-7-8-14(19)15(20)9-13/h2-10H,11H2,1H3,(H,22,24). The van der Waals surface area contributed by atoms with E-state index in [0.29, 0.717) is 15.7 Å². The lowest BCUT2D eigenvalue weighted by molar-refractivity contribution is -0.113. The van der Waals surface area contributed by atoms with Gasteiger partial charge in [-0.2, -0.15) is 0 Å². The second kappa shape index (κ2) is 7.95. The molecule has 0 saturated carbocycles. The normalized spacial score (nSPS) is 10.7. The van der Waals surface area contributed by atoms with Gasteiger partial charge in [-0.1, -0.05) is 65.3 Å². The second-order valence-electron chi connectivity index (χ2n) is 5.32. The van der Waals surface area contributed by atoms with E-state index in [1.165, 1.54) is 11.8 Å². The molecule has 4 nitrogen and oxygen atoms in total. The Hall–Kier alpha value is -1.95. The Morgan fingerprint density at radius 1 is 1.16 bits per heavy atom. The number of carbonyl (C=O) groups excluding carboxylic acids is 1. The molecule has 3 rings (SSSR count). The summed E-state index contributed by atoms with van der Waals surface area (Å²) in [5, 5.41) is 4.44. The number of benzene rings is 2. The van der Waals surface area contributed by atoms with Gasteiger partial charge in [0.15, 0.2) is 5.16 Å². The molecule has 2 aromatic carbocycles. The van der Waals surface area contributed by atoms with E-state index in [1.54, 1.807) is 18.2 Å². The monoisotopic (exact) mass is 391 g/mol. The van der Waals surface area contributed by atoms with E-state index in [0.717, 1.165) is 16.4 Å². The maximum atomic E-state index is 12.1. The quantitative estimate of drug-likeness (QED) is 0.613. The first-order chi connectivity index (χ1) is 12.0. The molecule has 25 heavy (non-hydrogen) atoms. The smallest absolute Gasteiger partial charge is 0.234 e. The number of aromatic nitrogens is 2. The van der Waals surface area contributed by atoms with E-state index in [9.17, 15) is 4.79 Å². The van der Waals surface area contributed by atoms with Crippen molar-refractivity contribution in [1.82, 2.24) is 9.55 Å².